The molecule has 0 aliphatic carbocycles. The molecule has 0 unspecified atom stereocenters. The van der Waals surface area contributed by atoms with Crippen LogP contribution in [0.1, 0.15) is 19.5 Å². The van der Waals surface area contributed by atoms with Crippen LogP contribution in [0.5, 0.6) is 0 Å². The van der Waals surface area contributed by atoms with Crippen molar-refractivity contribution in [2.24, 2.45) is 0 Å². The standard InChI is InChI=1S/C7H12N2O3S2/c1-5(2)14(11,12)8-3-6-4-13-7(10)9-6/h4-5,8H,3H2,1-2H3,(H,9,10). The first-order valence-electron chi connectivity index (χ1n) is 4.07. The molecular formula is C7H12N2O3S2. The van der Waals surface area contributed by atoms with Gasteiger partial charge in [-0.3, -0.25) is 4.79 Å². The second-order valence-electron chi connectivity index (χ2n) is 3.09. The molecule has 2 N–H and O–H groups in total. The van der Waals surface area contributed by atoms with Crippen LogP contribution in [0.4, 0.5) is 0 Å². The summed E-state index contributed by atoms with van der Waals surface area (Å²) in [6, 6.07) is 0. The van der Waals surface area contributed by atoms with Crippen molar-refractivity contribution in [3.05, 3.63) is 20.7 Å². The minimum Gasteiger partial charge on any atom is -0.315 e. The quantitative estimate of drug-likeness (QED) is 0.787. The largest absolute Gasteiger partial charge is 0.315 e. The lowest BCUT2D eigenvalue weighted by Crippen LogP contribution is -2.30. The molecule has 1 heterocycles. The topological polar surface area (TPSA) is 79.0 Å². The van der Waals surface area contributed by atoms with E-state index >= 15 is 0 Å². The van der Waals surface area contributed by atoms with E-state index in [1.54, 1.807) is 19.2 Å². The molecule has 0 spiro atoms. The molecule has 1 rings (SSSR count). The molecule has 5 nitrogen and oxygen atoms in total. The summed E-state index contributed by atoms with van der Waals surface area (Å²) in [6.45, 7) is 3.33. The maximum absolute atomic E-state index is 11.3. The van der Waals surface area contributed by atoms with Crippen LogP contribution < -0.4 is 9.60 Å². The number of thiazole rings is 1. The average molecular weight is 236 g/mol. The van der Waals surface area contributed by atoms with Crippen LogP contribution in [0, 0.1) is 0 Å². The molecule has 14 heavy (non-hydrogen) atoms. The Morgan fingerprint density at radius 1 is 1.57 bits per heavy atom. The minimum atomic E-state index is -3.25. The Bertz CT molecular complexity index is 444. The molecule has 0 saturated heterocycles. The van der Waals surface area contributed by atoms with E-state index in [1.807, 2.05) is 0 Å². The lowest BCUT2D eigenvalue weighted by molar-refractivity contribution is 0.571. The van der Waals surface area contributed by atoms with Crippen LogP contribution in [0.15, 0.2) is 10.2 Å². The zero-order chi connectivity index (χ0) is 10.8. The van der Waals surface area contributed by atoms with E-state index in [0.717, 1.165) is 11.3 Å². The molecule has 0 saturated carbocycles. The molecule has 0 bridgehead atoms. The molecule has 0 aliphatic rings. The molecule has 1 aromatic heterocycles. The van der Waals surface area contributed by atoms with Crippen molar-refractivity contribution in [1.29, 1.82) is 0 Å². The van der Waals surface area contributed by atoms with E-state index < -0.39 is 15.3 Å². The number of rotatable bonds is 4. The van der Waals surface area contributed by atoms with Gasteiger partial charge in [0.15, 0.2) is 0 Å². The Kier molecular flexibility index (Phi) is 3.46. The van der Waals surface area contributed by atoms with Crippen molar-refractivity contribution >= 4 is 21.4 Å². The van der Waals surface area contributed by atoms with Crippen LogP contribution in [0.3, 0.4) is 0 Å². The maximum atomic E-state index is 11.3. The van der Waals surface area contributed by atoms with E-state index in [4.69, 9.17) is 0 Å². The lowest BCUT2D eigenvalue weighted by atomic mass is 10.5. The van der Waals surface area contributed by atoms with Crippen molar-refractivity contribution in [2.75, 3.05) is 0 Å². The Hall–Kier alpha value is -0.660. The molecule has 0 amide bonds. The molecule has 7 heteroatoms. The zero-order valence-electron chi connectivity index (χ0n) is 7.90. The summed E-state index contributed by atoms with van der Waals surface area (Å²) in [5, 5.41) is 1.14. The fourth-order valence-corrected chi connectivity index (χ4v) is 2.02. The zero-order valence-corrected chi connectivity index (χ0v) is 9.54. The summed E-state index contributed by atoms with van der Waals surface area (Å²) < 4.78 is 25.0. The lowest BCUT2D eigenvalue weighted by Gasteiger charge is -2.07. The number of sulfonamides is 1. The number of hydrogen-bond acceptors (Lipinski definition) is 4. The Labute approximate surface area is 86.2 Å². The Morgan fingerprint density at radius 2 is 2.21 bits per heavy atom. The Balaban J connectivity index is 2.62. The fraction of sp³-hybridized carbons (Fsp3) is 0.571. The summed E-state index contributed by atoms with van der Waals surface area (Å²) in [5.41, 5.74) is 0.587. The molecule has 0 radical (unpaired) electrons. The first-order valence-corrected chi connectivity index (χ1v) is 6.49. The van der Waals surface area contributed by atoms with Crippen molar-refractivity contribution < 1.29 is 8.42 Å². The van der Waals surface area contributed by atoms with Gasteiger partial charge in [-0.2, -0.15) is 0 Å². The predicted octanol–water partition coefficient (Wildman–Crippen LogP) is 0.264. The number of aromatic amines is 1. The normalized spacial score (nSPS) is 12.2. The molecule has 0 aromatic carbocycles. The van der Waals surface area contributed by atoms with Gasteiger partial charge in [0.25, 0.3) is 0 Å². The summed E-state index contributed by atoms with van der Waals surface area (Å²) in [5.74, 6) is 0. The third-order valence-electron chi connectivity index (χ3n) is 1.66. The highest BCUT2D eigenvalue weighted by Crippen LogP contribution is 2.00. The van der Waals surface area contributed by atoms with Crippen LogP contribution in [-0.4, -0.2) is 18.7 Å². The minimum absolute atomic E-state index is 0.138. The number of nitrogens with one attached hydrogen (secondary N) is 2. The molecular weight excluding hydrogens is 224 g/mol. The summed E-state index contributed by atoms with van der Waals surface area (Å²) in [4.78, 5) is 13.1. The maximum Gasteiger partial charge on any atom is 0.304 e. The number of aromatic nitrogens is 1. The first-order chi connectivity index (χ1) is 6.42. The van der Waals surface area contributed by atoms with Crippen LogP contribution in [-0.2, 0) is 16.6 Å². The summed E-state index contributed by atoms with van der Waals surface area (Å²) >= 11 is 1.02. The van der Waals surface area contributed by atoms with Crippen LogP contribution >= 0.6 is 11.3 Å². The molecule has 1 aromatic rings. The van der Waals surface area contributed by atoms with Gasteiger partial charge in [0, 0.05) is 11.1 Å². The smallest absolute Gasteiger partial charge is 0.304 e. The monoisotopic (exact) mass is 236 g/mol. The van der Waals surface area contributed by atoms with E-state index in [9.17, 15) is 13.2 Å². The SMILES string of the molecule is CC(C)S(=O)(=O)NCc1csc(=O)[nH]1. The Morgan fingerprint density at radius 3 is 2.64 bits per heavy atom. The third-order valence-corrected chi connectivity index (χ3v) is 4.16. The van der Waals surface area contributed by atoms with Crippen LogP contribution in [0.25, 0.3) is 0 Å². The van der Waals surface area contributed by atoms with Gasteiger partial charge in [-0.1, -0.05) is 11.3 Å². The van der Waals surface area contributed by atoms with Crippen LogP contribution in [0.2, 0.25) is 0 Å². The van der Waals surface area contributed by atoms with Crippen molar-refractivity contribution in [3.63, 3.8) is 0 Å². The summed E-state index contributed by atoms with van der Waals surface area (Å²) in [6.07, 6.45) is 0. The molecule has 80 valence electrons. The third kappa shape index (κ3) is 2.93. The fourth-order valence-electron chi connectivity index (χ4n) is 0.746. The van der Waals surface area contributed by atoms with Crippen molar-refractivity contribution in [3.8, 4) is 0 Å². The highest BCUT2D eigenvalue weighted by atomic mass is 32.2. The highest BCUT2D eigenvalue weighted by molar-refractivity contribution is 7.90. The van der Waals surface area contributed by atoms with Gasteiger partial charge in [-0.15, -0.1) is 0 Å². The van der Waals surface area contributed by atoms with E-state index in [-0.39, 0.29) is 11.4 Å². The van der Waals surface area contributed by atoms with Crippen molar-refractivity contribution in [1.82, 2.24) is 9.71 Å². The van der Waals surface area contributed by atoms with E-state index in [2.05, 4.69) is 9.71 Å². The highest BCUT2D eigenvalue weighted by Gasteiger charge is 2.14. The summed E-state index contributed by atoms with van der Waals surface area (Å²) in [7, 11) is -3.25. The molecule has 0 aliphatic heterocycles. The number of hydrogen-bond donors (Lipinski definition) is 2. The average Bonchev–Trinajstić information content (AvgIpc) is 2.48. The van der Waals surface area contributed by atoms with Gasteiger partial charge >= 0.3 is 4.87 Å². The van der Waals surface area contributed by atoms with Crippen molar-refractivity contribution in [2.45, 2.75) is 25.6 Å². The van der Waals surface area contributed by atoms with Gasteiger partial charge in [0.2, 0.25) is 10.0 Å². The second kappa shape index (κ2) is 4.24. The number of H-pyrrole nitrogens is 1. The van der Waals surface area contributed by atoms with E-state index in [1.165, 1.54) is 0 Å². The van der Waals surface area contributed by atoms with Gasteiger partial charge in [-0.25, -0.2) is 13.1 Å². The van der Waals surface area contributed by atoms with Gasteiger partial charge in [0.1, 0.15) is 0 Å². The molecule has 0 fully saturated rings. The van der Waals surface area contributed by atoms with Gasteiger partial charge in [-0.05, 0) is 13.8 Å². The van der Waals surface area contributed by atoms with Gasteiger partial charge < -0.3 is 4.98 Å². The molecule has 0 atom stereocenters. The predicted molar refractivity (Wildman–Crippen MR) is 55.8 cm³/mol. The second-order valence-corrected chi connectivity index (χ2v) is 6.25. The first kappa shape index (κ1) is 11.4. The van der Waals surface area contributed by atoms with E-state index in [0.29, 0.717) is 5.69 Å². The van der Waals surface area contributed by atoms with Gasteiger partial charge in [0.05, 0.1) is 11.8 Å².